The molecule has 2 aromatic rings. The molecule has 8 nitrogen and oxygen atoms in total. The van der Waals surface area contributed by atoms with Crippen molar-refractivity contribution in [3.05, 3.63) is 85.0 Å². The first kappa shape index (κ1) is 25.9. The highest BCUT2D eigenvalue weighted by Gasteiger charge is 2.25. The first-order valence-electron chi connectivity index (χ1n) is 10.2. The van der Waals surface area contributed by atoms with Gasteiger partial charge in [0.05, 0.1) is 0 Å². The molecular formula is C24H27O8P. The fraction of sp³-hybridized carbons (Fsp3) is 0.250. The van der Waals surface area contributed by atoms with Gasteiger partial charge in [-0.1, -0.05) is 37.4 Å². The average Bonchev–Trinajstić information content (AvgIpc) is 2.75. The molecule has 9 heteroatoms. The second-order valence-electron chi connectivity index (χ2n) is 7.25. The Balaban J connectivity index is 1.90. The van der Waals surface area contributed by atoms with Crippen LogP contribution in [0.5, 0.6) is 11.5 Å². The molecular weight excluding hydrogens is 447 g/mol. The Morgan fingerprint density at radius 2 is 1.15 bits per heavy atom. The molecule has 2 atom stereocenters. The van der Waals surface area contributed by atoms with Crippen LogP contribution in [0.4, 0.5) is 0 Å². The molecule has 2 unspecified atom stereocenters. The van der Waals surface area contributed by atoms with Gasteiger partial charge in [-0.05, 0) is 49.2 Å². The smallest absolute Gasteiger partial charge is 0.459 e. The summed E-state index contributed by atoms with van der Waals surface area (Å²) >= 11 is 0. The summed E-state index contributed by atoms with van der Waals surface area (Å²) in [7, 11) is -4.43. The first-order valence-corrected chi connectivity index (χ1v) is 11.7. The van der Waals surface area contributed by atoms with Crippen molar-refractivity contribution in [2.45, 2.75) is 38.9 Å². The molecule has 0 amide bonds. The van der Waals surface area contributed by atoms with Crippen LogP contribution in [-0.2, 0) is 36.5 Å². The summed E-state index contributed by atoms with van der Waals surface area (Å²) in [5.74, 6) is -0.705. The molecule has 0 spiro atoms. The van der Waals surface area contributed by atoms with Gasteiger partial charge in [0, 0.05) is 25.0 Å². The van der Waals surface area contributed by atoms with Gasteiger partial charge in [0.25, 0.3) is 0 Å². The Kier molecular flexibility index (Phi) is 9.45. The molecule has 176 valence electrons. The molecule has 0 aliphatic carbocycles. The summed E-state index contributed by atoms with van der Waals surface area (Å²) in [6.45, 7) is 10.2. The topological polar surface area (TPSA) is 108 Å². The lowest BCUT2D eigenvalue weighted by atomic mass is 10.1. The summed E-state index contributed by atoms with van der Waals surface area (Å²) in [6.07, 6.45) is 2.42. The average molecular weight is 474 g/mol. The van der Waals surface area contributed by atoms with Gasteiger partial charge < -0.3 is 18.5 Å². The predicted molar refractivity (Wildman–Crippen MR) is 123 cm³/mol. The van der Waals surface area contributed by atoms with E-state index in [2.05, 4.69) is 13.2 Å². The Morgan fingerprint density at radius 1 is 0.818 bits per heavy atom. The van der Waals surface area contributed by atoms with Crippen LogP contribution >= 0.6 is 7.82 Å². The van der Waals surface area contributed by atoms with Gasteiger partial charge in [-0.2, -0.15) is 0 Å². The summed E-state index contributed by atoms with van der Waals surface area (Å²) < 4.78 is 32.8. The van der Waals surface area contributed by atoms with E-state index in [9.17, 15) is 19.0 Å². The van der Waals surface area contributed by atoms with E-state index in [-0.39, 0.29) is 23.7 Å². The zero-order valence-electron chi connectivity index (χ0n) is 18.5. The van der Waals surface area contributed by atoms with Crippen molar-refractivity contribution in [1.82, 2.24) is 0 Å². The monoisotopic (exact) mass is 474 g/mol. The molecule has 33 heavy (non-hydrogen) atoms. The number of hydrogen-bond donors (Lipinski definition) is 1. The standard InChI is InChI=1S/C24H27O8P/c1-5-23(25)29-17(3)15-19-7-11-21(12-8-19)31-33(27,28)32-22-13-9-20(10-14-22)16-18(4)30-24(26)6-2/h5-14,17-18H,1-2,15-16H2,3-4H3,(H,27,28). The van der Waals surface area contributed by atoms with Gasteiger partial charge in [0.2, 0.25) is 0 Å². The van der Waals surface area contributed by atoms with Gasteiger partial charge in [0.1, 0.15) is 23.7 Å². The zero-order chi connectivity index (χ0) is 24.4. The van der Waals surface area contributed by atoms with Crippen molar-refractivity contribution in [1.29, 1.82) is 0 Å². The van der Waals surface area contributed by atoms with Crippen LogP contribution in [0.2, 0.25) is 0 Å². The second kappa shape index (κ2) is 12.0. The maximum absolute atomic E-state index is 12.4. The van der Waals surface area contributed by atoms with E-state index in [0.29, 0.717) is 12.8 Å². The van der Waals surface area contributed by atoms with Crippen molar-refractivity contribution in [2.24, 2.45) is 0 Å². The third-order valence-electron chi connectivity index (χ3n) is 4.30. The van der Waals surface area contributed by atoms with Crippen molar-refractivity contribution in [3.8, 4) is 11.5 Å². The lowest BCUT2D eigenvalue weighted by Crippen LogP contribution is -2.15. The normalized spacial score (nSPS) is 14.2. The van der Waals surface area contributed by atoms with E-state index in [0.717, 1.165) is 23.3 Å². The summed E-state index contributed by atoms with van der Waals surface area (Å²) in [4.78, 5) is 32.5. The lowest BCUT2D eigenvalue weighted by molar-refractivity contribution is -0.143. The highest BCUT2D eigenvalue weighted by molar-refractivity contribution is 7.48. The summed E-state index contributed by atoms with van der Waals surface area (Å²) in [5, 5.41) is 0. The number of carbonyl (C=O) groups excluding carboxylic acids is 2. The number of hydrogen-bond acceptors (Lipinski definition) is 7. The number of carbonyl (C=O) groups is 2. The first-order chi connectivity index (χ1) is 15.6. The van der Waals surface area contributed by atoms with E-state index < -0.39 is 19.8 Å². The highest BCUT2D eigenvalue weighted by atomic mass is 31.2. The predicted octanol–water partition coefficient (Wildman–Crippen LogP) is 4.57. The number of rotatable bonds is 12. The minimum atomic E-state index is -4.43. The molecule has 0 fully saturated rings. The molecule has 1 N–H and O–H groups in total. The van der Waals surface area contributed by atoms with Gasteiger partial charge >= 0.3 is 19.8 Å². The Hall–Kier alpha value is -3.35. The van der Waals surface area contributed by atoms with Crippen LogP contribution in [-0.4, -0.2) is 29.0 Å². The van der Waals surface area contributed by atoms with Crippen LogP contribution in [0.25, 0.3) is 0 Å². The Labute approximate surface area is 193 Å². The highest BCUT2D eigenvalue weighted by Crippen LogP contribution is 2.44. The number of phosphoric ester groups is 1. The molecule has 2 rings (SSSR count). The van der Waals surface area contributed by atoms with Crippen LogP contribution in [0, 0.1) is 0 Å². The minimum absolute atomic E-state index is 0.148. The van der Waals surface area contributed by atoms with Gasteiger partial charge in [-0.3, -0.25) is 4.89 Å². The third-order valence-corrected chi connectivity index (χ3v) is 5.19. The molecule has 0 saturated carbocycles. The maximum Gasteiger partial charge on any atom is 0.584 e. The SMILES string of the molecule is C=CC(=O)OC(C)Cc1ccc(OP(=O)(O)Oc2ccc(CC(C)OC(=O)C=C)cc2)cc1. The molecule has 0 aromatic heterocycles. The largest absolute Gasteiger partial charge is 0.584 e. The number of benzene rings is 2. The van der Waals surface area contributed by atoms with E-state index in [1.54, 1.807) is 38.1 Å². The number of phosphoric acid groups is 1. The van der Waals surface area contributed by atoms with Crippen molar-refractivity contribution in [2.75, 3.05) is 0 Å². The second-order valence-corrected chi connectivity index (χ2v) is 8.55. The summed E-state index contributed by atoms with van der Waals surface area (Å²) in [6, 6.07) is 12.9. The van der Waals surface area contributed by atoms with E-state index in [1.165, 1.54) is 24.3 Å². The van der Waals surface area contributed by atoms with Gasteiger partial charge in [-0.15, -0.1) is 0 Å². The van der Waals surface area contributed by atoms with Crippen molar-refractivity contribution in [3.63, 3.8) is 0 Å². The molecule has 0 heterocycles. The minimum Gasteiger partial charge on any atom is -0.459 e. The van der Waals surface area contributed by atoms with Gasteiger partial charge in [0.15, 0.2) is 0 Å². The quantitative estimate of drug-likeness (QED) is 0.271. The van der Waals surface area contributed by atoms with Crippen molar-refractivity contribution >= 4 is 19.8 Å². The number of esters is 2. The molecule has 0 saturated heterocycles. The molecule has 2 aromatic carbocycles. The third kappa shape index (κ3) is 9.35. The van der Waals surface area contributed by atoms with Crippen LogP contribution < -0.4 is 9.05 Å². The number of ether oxygens (including phenoxy) is 2. The van der Waals surface area contributed by atoms with E-state index >= 15 is 0 Å². The van der Waals surface area contributed by atoms with E-state index in [1.807, 2.05) is 0 Å². The van der Waals surface area contributed by atoms with Crippen LogP contribution in [0.3, 0.4) is 0 Å². The molecule has 0 radical (unpaired) electrons. The van der Waals surface area contributed by atoms with E-state index in [4.69, 9.17) is 18.5 Å². The van der Waals surface area contributed by atoms with Crippen molar-refractivity contribution < 1.29 is 37.6 Å². The van der Waals surface area contributed by atoms with Crippen LogP contribution in [0.1, 0.15) is 25.0 Å². The fourth-order valence-electron chi connectivity index (χ4n) is 2.90. The molecule has 0 aliphatic rings. The Morgan fingerprint density at radius 3 is 1.45 bits per heavy atom. The van der Waals surface area contributed by atoms with Crippen LogP contribution in [0.15, 0.2) is 73.8 Å². The molecule has 0 aliphatic heterocycles. The molecule has 0 bridgehead atoms. The zero-order valence-corrected chi connectivity index (χ0v) is 19.4. The maximum atomic E-state index is 12.4. The fourth-order valence-corrected chi connectivity index (χ4v) is 3.71. The lowest BCUT2D eigenvalue weighted by Gasteiger charge is -2.16. The summed E-state index contributed by atoms with van der Waals surface area (Å²) in [5.41, 5.74) is 1.70. The Bertz CT molecular complexity index is 934. The van der Waals surface area contributed by atoms with Gasteiger partial charge in [-0.25, -0.2) is 14.2 Å².